The Balaban J connectivity index is 1.69. The maximum absolute atomic E-state index is 5.36. The highest BCUT2D eigenvalue weighted by molar-refractivity contribution is 5.85. The van der Waals surface area contributed by atoms with Crippen molar-refractivity contribution in [1.82, 2.24) is 0 Å². The first kappa shape index (κ1) is 15.4. The third kappa shape index (κ3) is 3.46. The van der Waals surface area contributed by atoms with Gasteiger partial charge >= 0.3 is 0 Å². The number of fused-ring (bicyclic) bond motifs is 1. The molecule has 0 heterocycles. The maximum Gasteiger partial charge on any atom is 0.161 e. The number of hydrogen-bond acceptors (Lipinski definition) is 2. The minimum Gasteiger partial charge on any atom is -0.493 e. The second-order valence-electron chi connectivity index (χ2n) is 5.52. The fraction of sp³-hybridized carbons (Fsp3) is 0.200. The first-order valence-electron chi connectivity index (χ1n) is 7.81. The van der Waals surface area contributed by atoms with Crippen LogP contribution in [0.15, 0.2) is 60.7 Å². The molecule has 2 N–H and O–H groups in total. The summed E-state index contributed by atoms with van der Waals surface area (Å²) in [6.07, 6.45) is 0. The van der Waals surface area contributed by atoms with Crippen molar-refractivity contribution >= 4 is 10.8 Å². The van der Waals surface area contributed by atoms with E-state index in [0.29, 0.717) is 0 Å². The molecule has 23 heavy (non-hydrogen) atoms. The van der Waals surface area contributed by atoms with E-state index >= 15 is 0 Å². The third-order valence-electron chi connectivity index (χ3n) is 4.07. The van der Waals surface area contributed by atoms with Crippen LogP contribution in [0.3, 0.4) is 0 Å². The Morgan fingerprint density at radius 3 is 2.39 bits per heavy atom. The molecule has 0 saturated heterocycles. The van der Waals surface area contributed by atoms with Gasteiger partial charge in [-0.3, -0.25) is 0 Å². The number of ether oxygens (including phenoxy) is 2. The average Bonchev–Trinajstić information content (AvgIpc) is 2.61. The molecule has 0 aromatic heterocycles. The highest BCUT2D eigenvalue weighted by Crippen LogP contribution is 2.27. The lowest BCUT2D eigenvalue weighted by atomic mass is 10.0. The van der Waals surface area contributed by atoms with Gasteiger partial charge in [-0.25, -0.2) is 0 Å². The fourth-order valence-electron chi connectivity index (χ4n) is 2.87. The van der Waals surface area contributed by atoms with E-state index in [2.05, 4.69) is 53.8 Å². The number of methoxy groups -OCH3 is 2. The lowest BCUT2D eigenvalue weighted by Gasteiger charge is -2.10. The second-order valence-corrected chi connectivity index (χ2v) is 5.52. The van der Waals surface area contributed by atoms with Crippen molar-refractivity contribution in [2.24, 2.45) is 0 Å². The first-order chi connectivity index (χ1) is 11.3. The van der Waals surface area contributed by atoms with Crippen LogP contribution in [0.1, 0.15) is 11.1 Å². The van der Waals surface area contributed by atoms with Crippen molar-refractivity contribution in [3.8, 4) is 11.5 Å². The normalized spacial score (nSPS) is 10.7. The summed E-state index contributed by atoms with van der Waals surface area (Å²) in [5, 5.41) is 4.94. The molecule has 0 saturated carbocycles. The van der Waals surface area contributed by atoms with Gasteiger partial charge in [-0.2, -0.15) is 0 Å². The molecule has 0 aliphatic rings. The molecule has 118 valence electrons. The Hall–Kier alpha value is -2.52. The van der Waals surface area contributed by atoms with Gasteiger partial charge in [0.15, 0.2) is 11.5 Å². The van der Waals surface area contributed by atoms with Crippen LogP contribution in [0.25, 0.3) is 10.8 Å². The Morgan fingerprint density at radius 1 is 0.783 bits per heavy atom. The molecule has 0 amide bonds. The van der Waals surface area contributed by atoms with E-state index < -0.39 is 0 Å². The zero-order valence-corrected chi connectivity index (χ0v) is 13.6. The highest BCUT2D eigenvalue weighted by Gasteiger charge is 2.06. The summed E-state index contributed by atoms with van der Waals surface area (Å²) in [4.78, 5) is 0. The second kappa shape index (κ2) is 7.16. The van der Waals surface area contributed by atoms with Gasteiger partial charge in [0, 0.05) is 11.1 Å². The minimum absolute atomic E-state index is 0.769. The zero-order valence-electron chi connectivity index (χ0n) is 13.6. The number of quaternary nitrogens is 1. The Bertz CT molecular complexity index is 793. The Kier molecular flexibility index (Phi) is 4.79. The van der Waals surface area contributed by atoms with Crippen LogP contribution in [0.5, 0.6) is 11.5 Å². The SMILES string of the molecule is COc1ccc(C[NH2+]Cc2cccc3ccccc23)cc1OC. The number of hydrogen-bond donors (Lipinski definition) is 1. The summed E-state index contributed by atoms with van der Waals surface area (Å²) in [5.41, 5.74) is 2.59. The standard InChI is InChI=1S/C20H21NO2/c1-22-19-11-10-15(12-20(19)23-2)13-21-14-17-8-5-7-16-6-3-4-9-18(16)17/h3-12,21H,13-14H2,1-2H3/p+1. The van der Waals surface area contributed by atoms with Crippen LogP contribution in [0.2, 0.25) is 0 Å². The Morgan fingerprint density at radius 2 is 1.57 bits per heavy atom. The highest BCUT2D eigenvalue weighted by atomic mass is 16.5. The first-order valence-corrected chi connectivity index (χ1v) is 7.81. The van der Waals surface area contributed by atoms with Crippen molar-refractivity contribution < 1.29 is 14.8 Å². The van der Waals surface area contributed by atoms with Crippen LogP contribution in [0, 0.1) is 0 Å². The molecular formula is C20H22NO2+. The molecule has 0 atom stereocenters. The summed E-state index contributed by atoms with van der Waals surface area (Å²) in [5.74, 6) is 1.55. The van der Waals surface area contributed by atoms with Crippen LogP contribution in [0.4, 0.5) is 0 Å². The van der Waals surface area contributed by atoms with Gasteiger partial charge in [0.05, 0.1) is 14.2 Å². The number of nitrogens with two attached hydrogens (primary N) is 1. The molecule has 3 aromatic rings. The molecule has 0 bridgehead atoms. The molecular weight excluding hydrogens is 286 g/mol. The van der Waals surface area contributed by atoms with Crippen LogP contribution in [-0.4, -0.2) is 14.2 Å². The summed E-state index contributed by atoms with van der Waals surface area (Å²) < 4.78 is 10.6. The van der Waals surface area contributed by atoms with Gasteiger partial charge in [-0.05, 0) is 29.0 Å². The monoisotopic (exact) mass is 308 g/mol. The molecule has 3 aromatic carbocycles. The van der Waals surface area contributed by atoms with Crippen LogP contribution >= 0.6 is 0 Å². The fourth-order valence-corrected chi connectivity index (χ4v) is 2.87. The smallest absolute Gasteiger partial charge is 0.161 e. The molecule has 3 rings (SSSR count). The van der Waals surface area contributed by atoms with E-state index in [9.17, 15) is 0 Å². The lowest BCUT2D eigenvalue weighted by molar-refractivity contribution is -0.686. The van der Waals surface area contributed by atoms with Crippen molar-refractivity contribution in [2.75, 3.05) is 14.2 Å². The quantitative estimate of drug-likeness (QED) is 0.759. The van der Waals surface area contributed by atoms with E-state index in [4.69, 9.17) is 9.47 Å². The molecule has 0 unspecified atom stereocenters. The summed E-state index contributed by atoms with van der Waals surface area (Å²) in [6, 6.07) is 21.1. The van der Waals surface area contributed by atoms with Gasteiger partial charge in [0.1, 0.15) is 13.1 Å². The minimum atomic E-state index is 0.769. The summed E-state index contributed by atoms with van der Waals surface area (Å²) >= 11 is 0. The maximum atomic E-state index is 5.36. The van der Waals surface area contributed by atoms with Crippen LogP contribution < -0.4 is 14.8 Å². The third-order valence-corrected chi connectivity index (χ3v) is 4.07. The topological polar surface area (TPSA) is 35.1 Å². The molecule has 0 spiro atoms. The molecule has 3 heteroatoms. The van der Waals surface area contributed by atoms with Gasteiger partial charge < -0.3 is 14.8 Å². The summed E-state index contributed by atoms with van der Waals surface area (Å²) in [7, 11) is 3.33. The Labute approximate surface area is 136 Å². The predicted molar refractivity (Wildman–Crippen MR) is 92.8 cm³/mol. The largest absolute Gasteiger partial charge is 0.493 e. The van der Waals surface area contributed by atoms with E-state index in [1.165, 1.54) is 21.9 Å². The average molecular weight is 308 g/mol. The van der Waals surface area contributed by atoms with Crippen molar-refractivity contribution in [3.63, 3.8) is 0 Å². The molecule has 0 aliphatic heterocycles. The zero-order chi connectivity index (χ0) is 16.1. The van der Waals surface area contributed by atoms with E-state index in [0.717, 1.165) is 24.6 Å². The molecule has 0 radical (unpaired) electrons. The van der Waals surface area contributed by atoms with Crippen molar-refractivity contribution in [1.29, 1.82) is 0 Å². The van der Waals surface area contributed by atoms with Crippen molar-refractivity contribution in [2.45, 2.75) is 13.1 Å². The predicted octanol–water partition coefficient (Wildman–Crippen LogP) is 3.12. The van der Waals surface area contributed by atoms with Gasteiger partial charge in [-0.15, -0.1) is 0 Å². The molecule has 0 aliphatic carbocycles. The summed E-state index contributed by atoms with van der Waals surface area (Å²) in [6.45, 7) is 1.86. The lowest BCUT2D eigenvalue weighted by Crippen LogP contribution is -2.80. The molecule has 0 fully saturated rings. The van der Waals surface area contributed by atoms with Gasteiger partial charge in [0.25, 0.3) is 0 Å². The van der Waals surface area contributed by atoms with E-state index in [-0.39, 0.29) is 0 Å². The van der Waals surface area contributed by atoms with Gasteiger partial charge in [0.2, 0.25) is 0 Å². The molecule has 3 nitrogen and oxygen atoms in total. The van der Waals surface area contributed by atoms with Crippen LogP contribution in [-0.2, 0) is 13.1 Å². The van der Waals surface area contributed by atoms with Gasteiger partial charge in [-0.1, -0.05) is 42.5 Å². The van der Waals surface area contributed by atoms with Crippen molar-refractivity contribution in [3.05, 3.63) is 71.8 Å². The van der Waals surface area contributed by atoms with E-state index in [1.807, 2.05) is 12.1 Å². The number of benzene rings is 3. The van der Waals surface area contributed by atoms with E-state index in [1.54, 1.807) is 14.2 Å². The number of rotatable bonds is 6.